The van der Waals surface area contributed by atoms with Gasteiger partial charge in [0.05, 0.1) is 0 Å². The second kappa shape index (κ2) is 4.15. The Morgan fingerprint density at radius 2 is 2.17 bits per heavy atom. The minimum atomic E-state index is 0. The van der Waals surface area contributed by atoms with Crippen LogP contribution in [0, 0.1) is 6.33 Å². The molecule has 0 N–H and O–H groups in total. The molecule has 0 aliphatic rings. The fourth-order valence-corrected chi connectivity index (χ4v) is 1.20. The molecule has 1 aromatic heterocycles. The molecule has 1 heterocycles. The molecule has 0 amide bonds. The molecule has 3 heteroatoms. The van der Waals surface area contributed by atoms with Crippen LogP contribution in [0.2, 0.25) is 0 Å². The maximum atomic E-state index is 4.13. The average Bonchev–Trinajstić information content (AvgIpc) is 2.47. The van der Waals surface area contributed by atoms with Crippen molar-refractivity contribution in [2.45, 2.75) is 13.5 Å². The first-order chi connectivity index (χ1) is 5.42. The molecular weight excluding hydrogens is 225 g/mol. The normalized spacial score (nSPS) is 9.75. The van der Waals surface area contributed by atoms with Crippen molar-refractivity contribution in [2.75, 3.05) is 0 Å². The molecule has 0 aliphatic carbocycles. The molecule has 12 heavy (non-hydrogen) atoms. The summed E-state index contributed by atoms with van der Waals surface area (Å²) in [6, 6.07) is 8.06. The van der Waals surface area contributed by atoms with Crippen LogP contribution < -0.4 is 0 Å². The number of fused-ring (bicyclic) bond motifs is 1. The van der Waals surface area contributed by atoms with E-state index in [-0.39, 0.29) is 32.7 Å². The number of aryl methyl sites for hydroxylation is 1. The molecule has 1 radical (unpaired) electrons. The molecule has 1 aromatic carbocycles. The number of rotatable bonds is 1. The number of nitrogens with zero attached hydrogens (tertiary/aromatic N) is 2. The largest absolute Gasteiger partial charge is 0.447 e. The summed E-state index contributed by atoms with van der Waals surface area (Å²) in [5.74, 6) is 0. The Bertz CT molecular complexity index is 367. The molecule has 2 aromatic rings. The van der Waals surface area contributed by atoms with Crippen LogP contribution in [0.1, 0.15) is 6.92 Å². The molecule has 0 saturated heterocycles. The van der Waals surface area contributed by atoms with Crippen LogP contribution >= 0.6 is 0 Å². The number of aromatic nitrogens is 2. The van der Waals surface area contributed by atoms with Crippen LogP contribution in [-0.2, 0) is 39.3 Å². The summed E-state index contributed by atoms with van der Waals surface area (Å²) >= 11 is 0. The maximum Gasteiger partial charge on any atom is 0.00146 e. The number of hydrogen-bond acceptors (Lipinski definition) is 1. The van der Waals surface area contributed by atoms with Crippen molar-refractivity contribution in [2.24, 2.45) is 0 Å². The molecule has 0 unspecified atom stereocenters. The minimum absolute atomic E-state index is 0. The standard InChI is InChI=1S/C9H9N2.Y/c1-2-11-7-10-8-5-3-4-6-9(8)11;/h3-6H,2H2,1H3;/q-1;. The van der Waals surface area contributed by atoms with E-state index in [2.05, 4.69) is 24.3 Å². The van der Waals surface area contributed by atoms with Crippen molar-refractivity contribution < 1.29 is 32.7 Å². The number of imidazole rings is 1. The summed E-state index contributed by atoms with van der Waals surface area (Å²) in [7, 11) is 0. The van der Waals surface area contributed by atoms with Gasteiger partial charge in [0.1, 0.15) is 0 Å². The Balaban J connectivity index is 0.000000720. The van der Waals surface area contributed by atoms with Crippen molar-refractivity contribution in [1.82, 2.24) is 9.55 Å². The second-order valence-electron chi connectivity index (χ2n) is 2.44. The second-order valence-corrected chi connectivity index (χ2v) is 2.44. The van der Waals surface area contributed by atoms with Crippen LogP contribution in [0.15, 0.2) is 24.3 Å². The van der Waals surface area contributed by atoms with Crippen LogP contribution in [0.4, 0.5) is 0 Å². The van der Waals surface area contributed by atoms with Crippen molar-refractivity contribution in [1.29, 1.82) is 0 Å². The Morgan fingerprint density at radius 1 is 1.42 bits per heavy atom. The number of benzene rings is 1. The van der Waals surface area contributed by atoms with Gasteiger partial charge >= 0.3 is 0 Å². The van der Waals surface area contributed by atoms with E-state index < -0.39 is 0 Å². The fourth-order valence-electron chi connectivity index (χ4n) is 1.20. The predicted octanol–water partition coefficient (Wildman–Crippen LogP) is 1.85. The van der Waals surface area contributed by atoms with Gasteiger partial charge in [0.25, 0.3) is 0 Å². The van der Waals surface area contributed by atoms with E-state index in [0.717, 1.165) is 17.6 Å². The zero-order chi connectivity index (χ0) is 7.68. The molecule has 2 rings (SSSR count). The number of hydrogen-bond donors (Lipinski definition) is 0. The quantitative estimate of drug-likeness (QED) is 0.688. The Kier molecular flexibility index (Phi) is 3.42. The molecule has 0 saturated carbocycles. The van der Waals surface area contributed by atoms with Crippen LogP contribution in [0.5, 0.6) is 0 Å². The maximum absolute atomic E-state index is 4.13. The third-order valence-electron chi connectivity index (χ3n) is 1.78. The first-order valence-corrected chi connectivity index (χ1v) is 3.75. The van der Waals surface area contributed by atoms with E-state index in [9.17, 15) is 0 Å². The van der Waals surface area contributed by atoms with E-state index in [1.165, 1.54) is 0 Å². The summed E-state index contributed by atoms with van der Waals surface area (Å²) < 4.78 is 2.01. The Morgan fingerprint density at radius 3 is 2.92 bits per heavy atom. The fraction of sp³-hybridized carbons (Fsp3) is 0.222. The monoisotopic (exact) mass is 234 g/mol. The van der Waals surface area contributed by atoms with Crippen LogP contribution in [0.3, 0.4) is 0 Å². The van der Waals surface area contributed by atoms with E-state index in [4.69, 9.17) is 0 Å². The molecular formula is C9H9N2Y-. The van der Waals surface area contributed by atoms with Gasteiger partial charge in [-0.3, -0.25) is 0 Å². The van der Waals surface area contributed by atoms with Crippen molar-refractivity contribution in [3.05, 3.63) is 30.6 Å². The Labute approximate surface area is 96.9 Å². The van der Waals surface area contributed by atoms with Gasteiger partial charge in [-0.05, 0) is 13.5 Å². The summed E-state index contributed by atoms with van der Waals surface area (Å²) in [6.07, 6.45) is 2.93. The minimum Gasteiger partial charge on any atom is -0.447 e. The first-order valence-electron chi connectivity index (χ1n) is 3.75. The zero-order valence-corrected chi connectivity index (χ0v) is 9.83. The average molecular weight is 234 g/mol. The van der Waals surface area contributed by atoms with Gasteiger partial charge in [-0.2, -0.15) is 0 Å². The zero-order valence-electron chi connectivity index (χ0n) is 6.99. The molecule has 0 fully saturated rings. The summed E-state index contributed by atoms with van der Waals surface area (Å²) in [6.45, 7) is 3.02. The van der Waals surface area contributed by atoms with E-state index in [0.29, 0.717) is 0 Å². The van der Waals surface area contributed by atoms with Crippen LogP contribution in [0.25, 0.3) is 11.0 Å². The van der Waals surface area contributed by atoms with Gasteiger partial charge in [-0.25, -0.2) is 0 Å². The number of para-hydroxylation sites is 2. The SMILES string of the molecule is CCn1[c-]nc2ccccc21.[Y]. The third kappa shape index (κ3) is 1.59. The molecule has 0 aliphatic heterocycles. The van der Waals surface area contributed by atoms with E-state index in [1.54, 1.807) is 0 Å². The van der Waals surface area contributed by atoms with Gasteiger partial charge in [0.2, 0.25) is 0 Å². The van der Waals surface area contributed by atoms with Crippen molar-refractivity contribution >= 4 is 11.0 Å². The topological polar surface area (TPSA) is 17.8 Å². The van der Waals surface area contributed by atoms with Crippen molar-refractivity contribution in [3.8, 4) is 0 Å². The molecule has 0 atom stereocenters. The third-order valence-corrected chi connectivity index (χ3v) is 1.78. The predicted molar refractivity (Wildman–Crippen MR) is 44.2 cm³/mol. The summed E-state index contributed by atoms with van der Waals surface area (Å²) in [5, 5.41) is 0. The van der Waals surface area contributed by atoms with Gasteiger partial charge < -0.3 is 9.55 Å². The van der Waals surface area contributed by atoms with Crippen molar-refractivity contribution in [3.63, 3.8) is 0 Å². The van der Waals surface area contributed by atoms with Gasteiger partial charge in [0, 0.05) is 39.0 Å². The van der Waals surface area contributed by atoms with E-state index >= 15 is 0 Å². The van der Waals surface area contributed by atoms with E-state index in [1.807, 2.05) is 22.8 Å². The molecule has 2 nitrogen and oxygen atoms in total. The Hall–Kier alpha value is -0.206. The van der Waals surface area contributed by atoms with Crippen LogP contribution in [-0.4, -0.2) is 9.55 Å². The molecule has 0 spiro atoms. The summed E-state index contributed by atoms with van der Waals surface area (Å²) in [4.78, 5) is 4.13. The van der Waals surface area contributed by atoms with Gasteiger partial charge in [0.15, 0.2) is 0 Å². The molecule has 59 valence electrons. The summed E-state index contributed by atoms with van der Waals surface area (Å²) in [5.41, 5.74) is 2.18. The van der Waals surface area contributed by atoms with Gasteiger partial charge in [-0.1, -0.05) is 23.2 Å². The first kappa shape index (κ1) is 9.88. The van der Waals surface area contributed by atoms with Gasteiger partial charge in [-0.15, -0.1) is 12.1 Å². The smallest absolute Gasteiger partial charge is 0.00146 e. The molecule has 0 bridgehead atoms.